The molecule has 2 aliphatic rings. The smallest absolute Gasteiger partial charge is 0.263 e. The molecule has 1 aromatic heterocycles. The number of rotatable bonds is 3. The molecule has 0 fully saturated rings. The Morgan fingerprint density at radius 3 is 2.83 bits per heavy atom. The molecule has 2 aromatic rings. The molecule has 118 valence electrons. The predicted octanol–water partition coefficient (Wildman–Crippen LogP) is 3.75. The first-order valence-electron chi connectivity index (χ1n) is 7.92. The summed E-state index contributed by atoms with van der Waals surface area (Å²) in [5.41, 5.74) is 1.50. The summed E-state index contributed by atoms with van der Waals surface area (Å²) >= 11 is 1.73. The number of thiophene rings is 1. The molecule has 1 atom stereocenters. The first kappa shape index (κ1) is 14.5. The number of aliphatic imine (C=N–C) groups is 1. The number of hydrogen-bond donors (Lipinski definition) is 0. The van der Waals surface area contributed by atoms with Gasteiger partial charge in [0.25, 0.3) is 5.91 Å². The van der Waals surface area contributed by atoms with E-state index in [9.17, 15) is 4.79 Å². The Kier molecular flexibility index (Phi) is 3.27. The van der Waals surface area contributed by atoms with E-state index in [1.54, 1.807) is 11.3 Å². The summed E-state index contributed by atoms with van der Waals surface area (Å²) in [6, 6.07) is 12.0. The molecular weight excluding hydrogens is 306 g/mol. The van der Waals surface area contributed by atoms with Crippen LogP contribution in [0.15, 0.2) is 46.8 Å². The fourth-order valence-corrected chi connectivity index (χ4v) is 3.96. The van der Waals surface area contributed by atoms with Crippen LogP contribution in [-0.4, -0.2) is 28.9 Å². The molecule has 1 amide bonds. The van der Waals surface area contributed by atoms with E-state index in [2.05, 4.69) is 36.3 Å². The highest BCUT2D eigenvalue weighted by atomic mass is 32.1. The van der Waals surface area contributed by atoms with Crippen molar-refractivity contribution in [2.75, 3.05) is 11.4 Å². The van der Waals surface area contributed by atoms with Crippen LogP contribution in [0.1, 0.15) is 35.5 Å². The van der Waals surface area contributed by atoms with E-state index in [4.69, 9.17) is 4.99 Å². The summed E-state index contributed by atoms with van der Waals surface area (Å²) < 4.78 is 0. The van der Waals surface area contributed by atoms with Crippen LogP contribution < -0.4 is 4.90 Å². The average Bonchev–Trinajstić information content (AvgIpc) is 3.20. The zero-order chi connectivity index (χ0) is 16.0. The molecule has 0 spiro atoms. The zero-order valence-corrected chi connectivity index (χ0v) is 14.1. The lowest BCUT2D eigenvalue weighted by Crippen LogP contribution is -2.57. The van der Waals surface area contributed by atoms with Crippen molar-refractivity contribution in [1.29, 1.82) is 0 Å². The van der Waals surface area contributed by atoms with Gasteiger partial charge in [-0.2, -0.15) is 0 Å². The van der Waals surface area contributed by atoms with Crippen molar-refractivity contribution in [3.05, 3.63) is 52.2 Å². The monoisotopic (exact) mass is 325 g/mol. The normalized spacial score (nSPS) is 22.9. The van der Waals surface area contributed by atoms with Crippen molar-refractivity contribution >= 4 is 28.9 Å². The number of carbonyl (C=O) groups is 1. The third-order valence-electron chi connectivity index (χ3n) is 4.83. The summed E-state index contributed by atoms with van der Waals surface area (Å²) in [4.78, 5) is 23.1. The topological polar surface area (TPSA) is 35.9 Å². The lowest BCUT2D eigenvalue weighted by Gasteiger charge is -2.42. The van der Waals surface area contributed by atoms with Crippen LogP contribution in [0, 0.1) is 0 Å². The first-order valence-corrected chi connectivity index (χ1v) is 8.80. The number of nitrogens with zero attached hydrogens (tertiary/aromatic N) is 3. The molecule has 0 N–H and O–H groups in total. The van der Waals surface area contributed by atoms with Crippen LogP contribution >= 0.6 is 11.3 Å². The molecule has 0 aliphatic carbocycles. The predicted molar refractivity (Wildman–Crippen MR) is 94.1 cm³/mol. The summed E-state index contributed by atoms with van der Waals surface area (Å²) in [6.45, 7) is 5.66. The summed E-state index contributed by atoms with van der Waals surface area (Å²) in [5, 5.41) is 2.08. The minimum absolute atomic E-state index is 0.0728. The van der Waals surface area contributed by atoms with Gasteiger partial charge in [-0.3, -0.25) is 9.69 Å². The Morgan fingerprint density at radius 1 is 1.26 bits per heavy atom. The number of para-hydroxylation sites is 1. The zero-order valence-electron chi connectivity index (χ0n) is 13.3. The number of guanidine groups is 1. The highest BCUT2D eigenvalue weighted by Crippen LogP contribution is 2.38. The molecule has 23 heavy (non-hydrogen) atoms. The lowest BCUT2D eigenvalue weighted by atomic mass is 9.95. The maximum absolute atomic E-state index is 13.0. The van der Waals surface area contributed by atoms with Gasteiger partial charge in [0, 0.05) is 4.88 Å². The standard InChI is InChI=1S/C18H19N3OS/c1-3-18(2)12-19-17-20(11-13-7-6-10-23-13)15-9-5-4-8-14(15)16(22)21(17)18/h4-10H,3,11-12H2,1-2H3. The second-order valence-corrected chi connectivity index (χ2v) is 7.32. The summed E-state index contributed by atoms with van der Waals surface area (Å²) in [5.74, 6) is 0.870. The van der Waals surface area contributed by atoms with Gasteiger partial charge in [0.05, 0.1) is 29.9 Å². The van der Waals surface area contributed by atoms with Gasteiger partial charge in [-0.05, 0) is 36.9 Å². The van der Waals surface area contributed by atoms with Crippen LogP contribution in [-0.2, 0) is 6.54 Å². The molecule has 1 aromatic carbocycles. The van der Waals surface area contributed by atoms with E-state index >= 15 is 0 Å². The number of hydrogen-bond acceptors (Lipinski definition) is 4. The third kappa shape index (κ3) is 2.10. The molecule has 3 heterocycles. The SMILES string of the molecule is CCC1(C)CN=C2N(Cc3cccs3)c3ccccc3C(=O)N21. The van der Waals surface area contributed by atoms with Gasteiger partial charge in [0.1, 0.15) is 0 Å². The summed E-state index contributed by atoms with van der Waals surface area (Å²) in [7, 11) is 0. The molecule has 5 heteroatoms. The summed E-state index contributed by atoms with van der Waals surface area (Å²) in [6.07, 6.45) is 0.890. The van der Waals surface area contributed by atoms with E-state index in [1.807, 2.05) is 29.2 Å². The van der Waals surface area contributed by atoms with Crippen molar-refractivity contribution in [2.24, 2.45) is 4.99 Å². The fourth-order valence-electron chi connectivity index (χ4n) is 3.27. The Morgan fingerprint density at radius 2 is 2.09 bits per heavy atom. The molecule has 2 aliphatic heterocycles. The minimum Gasteiger partial charge on any atom is -0.306 e. The van der Waals surface area contributed by atoms with E-state index in [1.165, 1.54) is 4.88 Å². The van der Waals surface area contributed by atoms with Crippen LogP contribution in [0.4, 0.5) is 5.69 Å². The number of carbonyl (C=O) groups excluding carboxylic acids is 1. The molecule has 1 unspecified atom stereocenters. The van der Waals surface area contributed by atoms with E-state index < -0.39 is 0 Å². The fraction of sp³-hybridized carbons (Fsp3) is 0.333. The quantitative estimate of drug-likeness (QED) is 0.861. The van der Waals surface area contributed by atoms with Crippen LogP contribution in [0.2, 0.25) is 0 Å². The van der Waals surface area contributed by atoms with Gasteiger partial charge in [-0.15, -0.1) is 11.3 Å². The molecule has 4 rings (SSSR count). The van der Waals surface area contributed by atoms with Crippen LogP contribution in [0.5, 0.6) is 0 Å². The second kappa shape index (κ2) is 5.20. The third-order valence-corrected chi connectivity index (χ3v) is 5.69. The molecule has 4 nitrogen and oxygen atoms in total. The van der Waals surface area contributed by atoms with E-state index in [-0.39, 0.29) is 11.4 Å². The molecule has 0 saturated carbocycles. The van der Waals surface area contributed by atoms with Gasteiger partial charge in [-0.1, -0.05) is 25.1 Å². The second-order valence-electron chi connectivity index (χ2n) is 6.29. The minimum atomic E-state index is -0.229. The first-order chi connectivity index (χ1) is 11.1. The maximum atomic E-state index is 13.0. The van der Waals surface area contributed by atoms with Crippen molar-refractivity contribution in [2.45, 2.75) is 32.4 Å². The Bertz CT molecular complexity index is 783. The van der Waals surface area contributed by atoms with Crippen molar-refractivity contribution in [3.8, 4) is 0 Å². The van der Waals surface area contributed by atoms with Crippen LogP contribution in [0.3, 0.4) is 0 Å². The number of fused-ring (bicyclic) bond motifs is 2. The van der Waals surface area contributed by atoms with Crippen molar-refractivity contribution < 1.29 is 4.79 Å². The van der Waals surface area contributed by atoms with Crippen molar-refractivity contribution in [1.82, 2.24) is 4.90 Å². The van der Waals surface area contributed by atoms with E-state index in [0.717, 1.165) is 30.2 Å². The largest absolute Gasteiger partial charge is 0.306 e. The number of amides is 1. The van der Waals surface area contributed by atoms with Crippen molar-refractivity contribution in [3.63, 3.8) is 0 Å². The van der Waals surface area contributed by atoms with Gasteiger partial charge in [0.2, 0.25) is 5.96 Å². The number of benzene rings is 1. The lowest BCUT2D eigenvalue weighted by molar-refractivity contribution is 0.0728. The van der Waals surface area contributed by atoms with Gasteiger partial charge in [-0.25, -0.2) is 4.99 Å². The molecule has 0 saturated heterocycles. The Balaban J connectivity index is 1.84. The maximum Gasteiger partial charge on any atom is 0.263 e. The van der Waals surface area contributed by atoms with Gasteiger partial charge >= 0.3 is 0 Å². The highest BCUT2D eigenvalue weighted by molar-refractivity contribution is 7.09. The van der Waals surface area contributed by atoms with Gasteiger partial charge in [0.15, 0.2) is 0 Å². The highest BCUT2D eigenvalue weighted by Gasteiger charge is 2.47. The number of anilines is 1. The molecule has 0 radical (unpaired) electrons. The molecular formula is C18H19N3OS. The van der Waals surface area contributed by atoms with Gasteiger partial charge < -0.3 is 4.90 Å². The Labute approximate surface area is 140 Å². The Hall–Kier alpha value is -2.14. The molecule has 0 bridgehead atoms. The van der Waals surface area contributed by atoms with E-state index in [0.29, 0.717) is 6.54 Å². The van der Waals surface area contributed by atoms with Crippen LogP contribution in [0.25, 0.3) is 0 Å². The average molecular weight is 325 g/mol.